The zero-order chi connectivity index (χ0) is 19.3. The fourth-order valence-electron chi connectivity index (χ4n) is 2.31. The number of sulfonamides is 1. The van der Waals surface area contributed by atoms with E-state index in [1.807, 2.05) is 0 Å². The molecular weight excluding hydrogens is 366 g/mol. The summed E-state index contributed by atoms with van der Waals surface area (Å²) >= 11 is 0. The predicted octanol–water partition coefficient (Wildman–Crippen LogP) is 2.36. The Hall–Kier alpha value is -2.52. The molecule has 0 fully saturated rings. The van der Waals surface area contributed by atoms with Gasteiger partial charge in [0, 0.05) is 0 Å². The molecule has 2 rings (SSSR count). The lowest BCUT2D eigenvalue weighted by atomic mass is 10.1. The molecule has 0 aromatic heterocycles. The first-order valence-corrected chi connectivity index (χ1v) is 9.15. The molecule has 1 atom stereocenters. The van der Waals surface area contributed by atoms with Gasteiger partial charge in [-0.1, -0.05) is 24.3 Å². The van der Waals surface area contributed by atoms with Crippen LogP contribution in [0, 0.1) is 0 Å². The van der Waals surface area contributed by atoms with E-state index in [0.717, 1.165) is 0 Å². The van der Waals surface area contributed by atoms with E-state index in [1.54, 1.807) is 19.1 Å². The first kappa shape index (κ1) is 19.8. The average Bonchev–Trinajstić information content (AvgIpc) is 2.55. The van der Waals surface area contributed by atoms with Crippen molar-refractivity contribution in [1.29, 1.82) is 0 Å². The number of hydrogen-bond acceptors (Lipinski definition) is 4. The fourth-order valence-corrected chi connectivity index (χ4v) is 2.88. The highest BCUT2D eigenvalue weighted by Crippen LogP contribution is 2.18. The van der Waals surface area contributed by atoms with Crippen molar-refractivity contribution in [3.8, 4) is 5.75 Å². The molecule has 140 valence electrons. The lowest BCUT2D eigenvalue weighted by Gasteiger charge is -2.15. The van der Waals surface area contributed by atoms with E-state index in [0.29, 0.717) is 11.1 Å². The van der Waals surface area contributed by atoms with Crippen molar-refractivity contribution in [3.63, 3.8) is 0 Å². The van der Waals surface area contributed by atoms with Crippen molar-refractivity contribution in [2.24, 2.45) is 5.14 Å². The molecule has 0 saturated heterocycles. The lowest BCUT2D eigenvalue weighted by molar-refractivity contribution is -0.121. The van der Waals surface area contributed by atoms with E-state index >= 15 is 0 Å². The maximum atomic E-state index is 12.1. The van der Waals surface area contributed by atoms with Gasteiger partial charge in [-0.15, -0.1) is 0 Å². The normalized spacial score (nSPS) is 12.7. The second-order valence-electron chi connectivity index (χ2n) is 5.61. The number of rotatable bonds is 7. The largest absolute Gasteiger partial charge is 0.435 e. The van der Waals surface area contributed by atoms with Crippen LogP contribution in [0.1, 0.15) is 24.1 Å². The molecule has 9 heteroatoms. The van der Waals surface area contributed by atoms with Gasteiger partial charge in [0.1, 0.15) is 5.75 Å². The second kappa shape index (κ2) is 8.24. The summed E-state index contributed by atoms with van der Waals surface area (Å²) in [5, 5.41) is 7.84. The number of amides is 1. The van der Waals surface area contributed by atoms with E-state index in [-0.39, 0.29) is 23.0 Å². The van der Waals surface area contributed by atoms with Crippen LogP contribution in [0.3, 0.4) is 0 Å². The molecule has 0 spiro atoms. The molecule has 2 aromatic rings. The first-order chi connectivity index (χ1) is 12.1. The summed E-state index contributed by atoms with van der Waals surface area (Å²) in [4.78, 5) is 12.1. The van der Waals surface area contributed by atoms with Crippen LogP contribution in [0.25, 0.3) is 0 Å². The number of alkyl halides is 2. The van der Waals surface area contributed by atoms with Crippen LogP contribution in [0.15, 0.2) is 53.4 Å². The Morgan fingerprint density at radius 3 is 2.42 bits per heavy atom. The fraction of sp³-hybridized carbons (Fsp3) is 0.235. The Balaban J connectivity index is 1.99. The summed E-state index contributed by atoms with van der Waals surface area (Å²) in [7, 11) is -3.83. The number of ether oxygens (including phenoxy) is 1. The van der Waals surface area contributed by atoms with Crippen molar-refractivity contribution in [3.05, 3.63) is 59.7 Å². The van der Waals surface area contributed by atoms with Gasteiger partial charge in [-0.05, 0) is 42.3 Å². The maximum absolute atomic E-state index is 12.1. The van der Waals surface area contributed by atoms with Crippen molar-refractivity contribution in [1.82, 2.24) is 5.32 Å². The lowest BCUT2D eigenvalue weighted by Crippen LogP contribution is -2.28. The van der Waals surface area contributed by atoms with E-state index in [9.17, 15) is 22.0 Å². The van der Waals surface area contributed by atoms with E-state index in [2.05, 4.69) is 10.1 Å². The summed E-state index contributed by atoms with van der Waals surface area (Å²) in [6, 6.07) is 11.3. The van der Waals surface area contributed by atoms with Gasteiger partial charge in [0.2, 0.25) is 15.9 Å². The number of primary sulfonamides is 1. The van der Waals surface area contributed by atoms with Gasteiger partial charge < -0.3 is 10.1 Å². The number of carbonyl (C=O) groups excluding carboxylic acids is 1. The SMILES string of the molecule is CC(NC(=O)Cc1ccc(OC(F)F)cc1)c1cccc(S(N)(=O)=O)c1. The van der Waals surface area contributed by atoms with Gasteiger partial charge in [-0.25, -0.2) is 13.6 Å². The molecule has 0 aliphatic heterocycles. The molecule has 0 heterocycles. The first-order valence-electron chi connectivity index (χ1n) is 7.61. The topological polar surface area (TPSA) is 98.5 Å². The zero-order valence-electron chi connectivity index (χ0n) is 13.9. The minimum Gasteiger partial charge on any atom is -0.435 e. The van der Waals surface area contributed by atoms with Gasteiger partial charge in [0.05, 0.1) is 17.4 Å². The van der Waals surface area contributed by atoms with Crippen LogP contribution in [-0.2, 0) is 21.2 Å². The predicted molar refractivity (Wildman–Crippen MR) is 91.2 cm³/mol. The second-order valence-corrected chi connectivity index (χ2v) is 7.17. The average molecular weight is 384 g/mol. The molecular formula is C17H18F2N2O4S. The summed E-state index contributed by atoms with van der Waals surface area (Å²) < 4.78 is 51.3. The van der Waals surface area contributed by atoms with Crippen LogP contribution >= 0.6 is 0 Å². The van der Waals surface area contributed by atoms with E-state index in [4.69, 9.17) is 5.14 Å². The Kier molecular flexibility index (Phi) is 6.27. The molecule has 0 saturated carbocycles. The molecule has 0 aliphatic rings. The highest BCUT2D eigenvalue weighted by Gasteiger charge is 2.14. The minimum absolute atomic E-state index is 0.0114. The number of nitrogens with two attached hydrogens (primary N) is 1. The number of benzene rings is 2. The molecule has 0 bridgehead atoms. The molecule has 26 heavy (non-hydrogen) atoms. The summed E-state index contributed by atoms with van der Waals surface area (Å²) in [6.45, 7) is -1.20. The smallest absolute Gasteiger partial charge is 0.387 e. The van der Waals surface area contributed by atoms with Crippen LogP contribution < -0.4 is 15.2 Å². The minimum atomic E-state index is -3.83. The highest BCUT2D eigenvalue weighted by molar-refractivity contribution is 7.89. The van der Waals surface area contributed by atoms with Crippen LogP contribution in [0.4, 0.5) is 8.78 Å². The van der Waals surface area contributed by atoms with Gasteiger partial charge in [-0.3, -0.25) is 4.79 Å². The van der Waals surface area contributed by atoms with Gasteiger partial charge in [-0.2, -0.15) is 8.78 Å². The molecule has 1 unspecified atom stereocenters. The third kappa shape index (κ3) is 5.78. The third-order valence-corrected chi connectivity index (χ3v) is 4.49. The van der Waals surface area contributed by atoms with Crippen molar-refractivity contribution < 1.29 is 26.7 Å². The molecule has 3 N–H and O–H groups in total. The quantitative estimate of drug-likeness (QED) is 0.766. The molecule has 6 nitrogen and oxygen atoms in total. The molecule has 0 aliphatic carbocycles. The summed E-state index contributed by atoms with van der Waals surface area (Å²) in [5.41, 5.74) is 1.21. The van der Waals surface area contributed by atoms with Crippen molar-refractivity contribution in [2.75, 3.05) is 0 Å². The Morgan fingerprint density at radius 2 is 1.85 bits per heavy atom. The molecule has 1 amide bonds. The van der Waals surface area contributed by atoms with Crippen molar-refractivity contribution in [2.45, 2.75) is 30.9 Å². The van der Waals surface area contributed by atoms with Crippen molar-refractivity contribution >= 4 is 15.9 Å². The highest BCUT2D eigenvalue weighted by atomic mass is 32.2. The number of nitrogens with one attached hydrogen (secondary N) is 1. The van der Waals surface area contributed by atoms with E-state index < -0.39 is 22.7 Å². The standard InChI is InChI=1S/C17H18F2N2O4S/c1-11(13-3-2-4-15(10-13)26(20,23)24)21-16(22)9-12-5-7-14(8-6-12)25-17(18)19/h2-8,10-11,17H,9H2,1H3,(H,21,22)(H2,20,23,24). The van der Waals surface area contributed by atoms with Crippen LogP contribution in [0.2, 0.25) is 0 Å². The Bertz CT molecular complexity index is 871. The van der Waals surface area contributed by atoms with Gasteiger partial charge >= 0.3 is 6.61 Å². The zero-order valence-corrected chi connectivity index (χ0v) is 14.7. The van der Waals surface area contributed by atoms with Gasteiger partial charge in [0.15, 0.2) is 0 Å². The van der Waals surface area contributed by atoms with E-state index in [1.165, 1.54) is 36.4 Å². The number of hydrogen-bond donors (Lipinski definition) is 2. The third-order valence-electron chi connectivity index (χ3n) is 3.58. The Morgan fingerprint density at radius 1 is 1.19 bits per heavy atom. The number of carbonyl (C=O) groups is 1. The molecule has 0 radical (unpaired) electrons. The summed E-state index contributed by atoms with van der Waals surface area (Å²) in [5.74, 6) is -0.293. The summed E-state index contributed by atoms with van der Waals surface area (Å²) in [6.07, 6.45) is 0.0359. The molecule has 2 aromatic carbocycles. The Labute approximate surface area is 150 Å². The van der Waals surface area contributed by atoms with Gasteiger partial charge in [0.25, 0.3) is 0 Å². The van der Waals surface area contributed by atoms with Crippen LogP contribution in [-0.4, -0.2) is 20.9 Å². The number of halogens is 2. The monoisotopic (exact) mass is 384 g/mol. The maximum Gasteiger partial charge on any atom is 0.387 e. The van der Waals surface area contributed by atoms with Crippen LogP contribution in [0.5, 0.6) is 5.75 Å².